The third-order valence-electron chi connectivity index (χ3n) is 3.43. The van der Waals surface area contributed by atoms with Gasteiger partial charge in [-0.05, 0) is 18.2 Å². The molecule has 13 heteroatoms. The maximum absolute atomic E-state index is 13.4. The number of halogens is 8. The Labute approximate surface area is 160 Å². The van der Waals surface area contributed by atoms with E-state index in [0.29, 0.717) is 4.47 Å². The fourth-order valence-corrected chi connectivity index (χ4v) is 3.13. The first-order valence-electron chi connectivity index (χ1n) is 7.02. The van der Waals surface area contributed by atoms with Gasteiger partial charge in [0, 0.05) is 11.5 Å². The molecule has 0 aliphatic heterocycles. The van der Waals surface area contributed by atoms with Crippen LogP contribution in [-0.4, -0.2) is 26.8 Å². The van der Waals surface area contributed by atoms with Gasteiger partial charge >= 0.3 is 12.4 Å². The van der Waals surface area contributed by atoms with E-state index < -0.39 is 34.9 Å². The molecular weight excluding hydrogens is 468 g/mol. The number of fused-ring (bicyclic) bond motifs is 1. The van der Waals surface area contributed by atoms with Gasteiger partial charge in [-0.2, -0.15) is 26.3 Å². The van der Waals surface area contributed by atoms with Gasteiger partial charge in [-0.25, -0.2) is 14.6 Å². The summed E-state index contributed by atoms with van der Waals surface area (Å²) in [6, 6.07) is 4.44. The zero-order valence-electron chi connectivity index (χ0n) is 13.0. The maximum Gasteiger partial charge on any atom is 0.451 e. The molecule has 3 rings (SSSR count). The van der Waals surface area contributed by atoms with Crippen LogP contribution in [-0.2, 0) is 12.4 Å². The molecule has 0 aliphatic rings. The second-order valence-electron chi connectivity index (χ2n) is 5.20. The molecular formula is C14H7BrClF6N5. The summed E-state index contributed by atoms with van der Waals surface area (Å²) in [5.41, 5.74) is -2.37. The molecule has 5 nitrogen and oxygen atoms in total. The van der Waals surface area contributed by atoms with Crippen molar-refractivity contribution in [1.29, 1.82) is 0 Å². The van der Waals surface area contributed by atoms with Crippen molar-refractivity contribution in [3.63, 3.8) is 0 Å². The molecule has 2 heterocycles. The molecule has 0 saturated carbocycles. The Morgan fingerprint density at radius 1 is 1.07 bits per heavy atom. The van der Waals surface area contributed by atoms with Crippen molar-refractivity contribution in [3.05, 3.63) is 39.2 Å². The first kappa shape index (κ1) is 19.7. The van der Waals surface area contributed by atoms with Gasteiger partial charge in [-0.1, -0.05) is 27.5 Å². The van der Waals surface area contributed by atoms with Gasteiger partial charge in [0.1, 0.15) is 5.82 Å². The molecule has 0 aliphatic carbocycles. The fraction of sp³-hybridized carbons (Fsp3) is 0.214. The number of hydrogen-bond acceptors (Lipinski definition) is 4. The van der Waals surface area contributed by atoms with E-state index >= 15 is 0 Å². The SMILES string of the molecule is CNc1c2c(C(F)(F)F)nc(C(F)(F)F)nc2nn1-c1ccc(Br)cc1Cl. The Morgan fingerprint density at radius 3 is 2.26 bits per heavy atom. The monoisotopic (exact) mass is 473 g/mol. The third kappa shape index (κ3) is 3.55. The normalized spacial score (nSPS) is 12.6. The summed E-state index contributed by atoms with van der Waals surface area (Å²) in [7, 11) is 1.29. The molecule has 0 radical (unpaired) electrons. The average molecular weight is 475 g/mol. The van der Waals surface area contributed by atoms with Crippen molar-refractivity contribution >= 4 is 44.4 Å². The van der Waals surface area contributed by atoms with Crippen molar-refractivity contribution in [2.45, 2.75) is 12.4 Å². The lowest BCUT2D eigenvalue weighted by molar-refractivity contribution is -0.151. The van der Waals surface area contributed by atoms with Crippen molar-refractivity contribution in [2.75, 3.05) is 12.4 Å². The lowest BCUT2D eigenvalue weighted by Gasteiger charge is -2.12. The van der Waals surface area contributed by atoms with Crippen LogP contribution in [0.25, 0.3) is 16.7 Å². The maximum atomic E-state index is 13.4. The van der Waals surface area contributed by atoms with Gasteiger partial charge in [-0.15, -0.1) is 5.10 Å². The highest BCUT2D eigenvalue weighted by Gasteiger charge is 2.43. The van der Waals surface area contributed by atoms with E-state index in [-0.39, 0.29) is 16.5 Å². The molecule has 0 amide bonds. The summed E-state index contributed by atoms with van der Waals surface area (Å²) >= 11 is 9.28. The number of alkyl halides is 6. The zero-order valence-corrected chi connectivity index (χ0v) is 15.4. The minimum Gasteiger partial charge on any atom is -0.372 e. The largest absolute Gasteiger partial charge is 0.451 e. The predicted octanol–water partition coefficient (Wildman–Crippen LogP) is 5.31. The minimum atomic E-state index is -5.17. The third-order valence-corrected chi connectivity index (χ3v) is 4.23. The fourth-order valence-electron chi connectivity index (χ4n) is 2.38. The molecule has 144 valence electrons. The van der Waals surface area contributed by atoms with E-state index in [1.165, 1.54) is 19.2 Å². The topological polar surface area (TPSA) is 55.6 Å². The zero-order chi connectivity index (χ0) is 20.1. The molecule has 1 N–H and O–H groups in total. The highest BCUT2D eigenvalue weighted by molar-refractivity contribution is 9.10. The van der Waals surface area contributed by atoms with Gasteiger partial charge in [0.15, 0.2) is 11.3 Å². The van der Waals surface area contributed by atoms with Crippen LogP contribution in [0.4, 0.5) is 32.2 Å². The summed E-state index contributed by atoms with van der Waals surface area (Å²) in [5, 5.41) is 5.70. The predicted molar refractivity (Wildman–Crippen MR) is 88.9 cm³/mol. The molecule has 0 bridgehead atoms. The molecule has 27 heavy (non-hydrogen) atoms. The van der Waals surface area contributed by atoms with Gasteiger partial charge in [-0.3, -0.25) is 0 Å². The summed E-state index contributed by atoms with van der Waals surface area (Å²) in [5.74, 6) is -2.19. The number of hydrogen-bond donors (Lipinski definition) is 1. The van der Waals surface area contributed by atoms with Crippen LogP contribution in [0.3, 0.4) is 0 Å². The number of rotatable bonds is 2. The molecule has 0 fully saturated rings. The van der Waals surface area contributed by atoms with E-state index in [2.05, 4.69) is 36.3 Å². The Kier molecular flexibility index (Phi) is 4.75. The highest BCUT2D eigenvalue weighted by Crippen LogP contribution is 2.40. The van der Waals surface area contributed by atoms with Gasteiger partial charge in [0.25, 0.3) is 0 Å². The van der Waals surface area contributed by atoms with Crippen molar-refractivity contribution in [3.8, 4) is 5.69 Å². The van der Waals surface area contributed by atoms with Crippen LogP contribution in [0, 0.1) is 0 Å². The minimum absolute atomic E-state index is 0.103. The second kappa shape index (κ2) is 6.51. The first-order chi connectivity index (χ1) is 12.4. The van der Waals surface area contributed by atoms with Crippen molar-refractivity contribution in [2.24, 2.45) is 0 Å². The van der Waals surface area contributed by atoms with E-state index in [0.717, 1.165) is 4.68 Å². The number of nitrogens with one attached hydrogen (secondary N) is 1. The van der Waals surface area contributed by atoms with E-state index in [4.69, 9.17) is 11.6 Å². The molecule has 2 aromatic heterocycles. The number of nitrogens with zero attached hydrogens (tertiary/aromatic N) is 4. The summed E-state index contributed by atoms with van der Waals surface area (Å²) in [6.07, 6.45) is -10.3. The van der Waals surface area contributed by atoms with E-state index in [9.17, 15) is 26.3 Å². The number of aromatic nitrogens is 4. The van der Waals surface area contributed by atoms with Crippen LogP contribution in [0.1, 0.15) is 11.5 Å². The Balaban J connectivity index is 2.42. The number of benzene rings is 1. The average Bonchev–Trinajstić information content (AvgIpc) is 2.90. The van der Waals surface area contributed by atoms with Crippen LogP contribution in [0.15, 0.2) is 22.7 Å². The number of anilines is 1. The Morgan fingerprint density at radius 2 is 1.74 bits per heavy atom. The summed E-state index contributed by atoms with van der Waals surface area (Å²) in [6.45, 7) is 0. The van der Waals surface area contributed by atoms with Gasteiger partial charge in [0.05, 0.1) is 16.1 Å². The molecule has 1 aromatic carbocycles. The van der Waals surface area contributed by atoms with Crippen LogP contribution < -0.4 is 5.32 Å². The quantitative estimate of drug-likeness (QED) is 0.512. The van der Waals surface area contributed by atoms with E-state index in [1.807, 2.05) is 0 Å². The Hall–Kier alpha value is -2.08. The van der Waals surface area contributed by atoms with E-state index in [1.54, 1.807) is 6.07 Å². The van der Waals surface area contributed by atoms with Gasteiger partial charge < -0.3 is 5.32 Å². The van der Waals surface area contributed by atoms with Crippen molar-refractivity contribution in [1.82, 2.24) is 19.7 Å². The molecule has 3 aromatic rings. The lowest BCUT2D eigenvalue weighted by Crippen LogP contribution is -2.17. The van der Waals surface area contributed by atoms with Crippen LogP contribution >= 0.6 is 27.5 Å². The van der Waals surface area contributed by atoms with Gasteiger partial charge in [0.2, 0.25) is 5.82 Å². The molecule has 0 atom stereocenters. The van der Waals surface area contributed by atoms with Crippen LogP contribution in [0.2, 0.25) is 5.02 Å². The highest BCUT2D eigenvalue weighted by atomic mass is 79.9. The molecule has 0 saturated heterocycles. The summed E-state index contributed by atoms with van der Waals surface area (Å²) in [4.78, 5) is 5.86. The molecule has 0 unspecified atom stereocenters. The lowest BCUT2D eigenvalue weighted by atomic mass is 10.2. The summed E-state index contributed by atoms with van der Waals surface area (Å²) < 4.78 is 80.5. The molecule has 0 spiro atoms. The Bertz CT molecular complexity index is 1030. The second-order valence-corrected chi connectivity index (χ2v) is 6.52. The smallest absolute Gasteiger partial charge is 0.372 e. The standard InChI is InChI=1S/C14H7BrClF6N5/c1-23-11-8-9(13(17,18)19)24-12(14(20,21)22)25-10(8)26-27(11)7-3-2-5(15)4-6(7)16/h2-4,23H,1H3. The van der Waals surface area contributed by atoms with Crippen molar-refractivity contribution < 1.29 is 26.3 Å². The first-order valence-corrected chi connectivity index (χ1v) is 8.19. The van der Waals surface area contributed by atoms with Crippen LogP contribution in [0.5, 0.6) is 0 Å².